The van der Waals surface area contributed by atoms with E-state index >= 15 is 0 Å². The van der Waals surface area contributed by atoms with Crippen molar-refractivity contribution in [2.75, 3.05) is 0 Å². The molecule has 90 valence electrons. The van der Waals surface area contributed by atoms with Gasteiger partial charge in [0.1, 0.15) is 0 Å². The Kier molecular flexibility index (Phi) is 3.40. The molecule has 0 saturated carbocycles. The molecule has 0 amide bonds. The summed E-state index contributed by atoms with van der Waals surface area (Å²) in [6, 6.07) is 5.84. The molecule has 1 heterocycles. The molecule has 0 saturated heterocycles. The van der Waals surface area contributed by atoms with Gasteiger partial charge in [0.05, 0.1) is 5.69 Å². The van der Waals surface area contributed by atoms with E-state index in [-0.39, 0.29) is 11.0 Å². The monoisotopic (exact) mass is 315 g/mol. The summed E-state index contributed by atoms with van der Waals surface area (Å²) in [5.74, 6) is 0. The number of para-hydroxylation sites is 1. The number of halogens is 2. The maximum absolute atomic E-state index is 12.0. The maximum atomic E-state index is 12.0. The minimum Gasteiger partial charge on any atom is -0.246 e. The molecule has 0 spiro atoms. The summed E-state index contributed by atoms with van der Waals surface area (Å²) < 4.78 is 2.65. The van der Waals surface area contributed by atoms with Gasteiger partial charge in [-0.15, -0.1) is 5.10 Å². The molecular formula is C11H11BrClN3O. The van der Waals surface area contributed by atoms with Crippen LogP contribution in [0.1, 0.15) is 11.1 Å². The van der Waals surface area contributed by atoms with Crippen LogP contribution in [0.25, 0.3) is 5.69 Å². The second-order valence-electron chi connectivity index (χ2n) is 3.73. The number of aromatic nitrogens is 3. The van der Waals surface area contributed by atoms with E-state index < -0.39 is 0 Å². The fourth-order valence-electron chi connectivity index (χ4n) is 1.77. The molecule has 4 nitrogen and oxygen atoms in total. The molecule has 0 N–H and O–H groups in total. The van der Waals surface area contributed by atoms with E-state index in [0.29, 0.717) is 5.33 Å². The minimum atomic E-state index is -0.244. The lowest BCUT2D eigenvalue weighted by molar-refractivity contribution is 0.725. The SMILES string of the molecule is Cc1cccc(CBr)c1-n1c(Cl)nn(C)c1=O. The molecule has 0 aliphatic carbocycles. The van der Waals surface area contributed by atoms with Crippen molar-refractivity contribution in [1.82, 2.24) is 14.3 Å². The molecule has 0 fully saturated rings. The maximum Gasteiger partial charge on any atom is 0.351 e. The first-order valence-electron chi connectivity index (χ1n) is 5.02. The van der Waals surface area contributed by atoms with Crippen LogP contribution in [0.5, 0.6) is 0 Å². The molecule has 0 aliphatic rings. The molecule has 1 aromatic heterocycles. The minimum absolute atomic E-state index is 0.175. The third kappa shape index (κ3) is 2.05. The lowest BCUT2D eigenvalue weighted by Gasteiger charge is -2.10. The smallest absolute Gasteiger partial charge is 0.246 e. The highest BCUT2D eigenvalue weighted by molar-refractivity contribution is 9.08. The second kappa shape index (κ2) is 4.66. The zero-order valence-electron chi connectivity index (χ0n) is 9.44. The quantitative estimate of drug-likeness (QED) is 0.798. The summed E-state index contributed by atoms with van der Waals surface area (Å²) in [5, 5.41) is 4.75. The molecular weight excluding hydrogens is 305 g/mol. The number of nitrogens with zero attached hydrogens (tertiary/aromatic N) is 3. The molecule has 0 atom stereocenters. The van der Waals surface area contributed by atoms with Crippen molar-refractivity contribution in [3.05, 3.63) is 45.1 Å². The first-order valence-corrected chi connectivity index (χ1v) is 6.52. The number of alkyl halides is 1. The summed E-state index contributed by atoms with van der Waals surface area (Å²) >= 11 is 9.41. The van der Waals surface area contributed by atoms with Gasteiger partial charge in [-0.3, -0.25) is 0 Å². The Morgan fingerprint density at radius 2 is 2.18 bits per heavy atom. The molecule has 1 aromatic carbocycles. The van der Waals surface area contributed by atoms with Gasteiger partial charge in [0.25, 0.3) is 0 Å². The standard InChI is InChI=1S/C11H11BrClN3O/c1-7-4-3-5-8(6-12)9(7)16-10(13)14-15(2)11(16)17/h3-5H,6H2,1-2H3. The Labute approximate surface area is 112 Å². The molecule has 2 rings (SSSR count). The van der Waals surface area contributed by atoms with Gasteiger partial charge in [0, 0.05) is 12.4 Å². The van der Waals surface area contributed by atoms with Crippen LogP contribution in [-0.2, 0) is 12.4 Å². The van der Waals surface area contributed by atoms with Gasteiger partial charge in [0.15, 0.2) is 0 Å². The van der Waals surface area contributed by atoms with Crippen LogP contribution >= 0.6 is 27.5 Å². The van der Waals surface area contributed by atoms with Gasteiger partial charge in [-0.2, -0.15) is 0 Å². The molecule has 0 radical (unpaired) electrons. The predicted molar refractivity (Wildman–Crippen MR) is 71.2 cm³/mol. The Balaban J connectivity index is 2.81. The lowest BCUT2D eigenvalue weighted by Crippen LogP contribution is -2.22. The van der Waals surface area contributed by atoms with Gasteiger partial charge in [-0.05, 0) is 29.7 Å². The average molecular weight is 317 g/mol. The predicted octanol–water partition coefficient (Wildman–Crippen LogP) is 2.43. The van der Waals surface area contributed by atoms with E-state index in [4.69, 9.17) is 11.6 Å². The van der Waals surface area contributed by atoms with Gasteiger partial charge in [-0.25, -0.2) is 14.0 Å². The van der Waals surface area contributed by atoms with Crippen molar-refractivity contribution in [3.63, 3.8) is 0 Å². The summed E-state index contributed by atoms with van der Waals surface area (Å²) in [6.45, 7) is 1.94. The summed E-state index contributed by atoms with van der Waals surface area (Å²) in [6.07, 6.45) is 0. The van der Waals surface area contributed by atoms with E-state index in [2.05, 4.69) is 21.0 Å². The molecule has 0 aliphatic heterocycles. The molecule has 2 aromatic rings. The van der Waals surface area contributed by atoms with Crippen molar-refractivity contribution in [1.29, 1.82) is 0 Å². The Hall–Kier alpha value is -1.07. The number of benzene rings is 1. The Bertz CT molecular complexity index is 618. The first kappa shape index (κ1) is 12.4. The zero-order valence-corrected chi connectivity index (χ0v) is 11.8. The second-order valence-corrected chi connectivity index (χ2v) is 4.63. The molecule has 6 heteroatoms. The van der Waals surface area contributed by atoms with Gasteiger partial charge in [0.2, 0.25) is 5.28 Å². The van der Waals surface area contributed by atoms with Gasteiger partial charge in [-0.1, -0.05) is 34.1 Å². The Morgan fingerprint density at radius 1 is 1.47 bits per heavy atom. The van der Waals surface area contributed by atoms with Crippen LogP contribution in [0.2, 0.25) is 5.28 Å². The fraction of sp³-hybridized carbons (Fsp3) is 0.273. The number of hydrogen-bond acceptors (Lipinski definition) is 2. The topological polar surface area (TPSA) is 39.8 Å². The fourth-order valence-corrected chi connectivity index (χ4v) is 2.49. The number of hydrogen-bond donors (Lipinski definition) is 0. The van der Waals surface area contributed by atoms with E-state index in [1.165, 1.54) is 9.25 Å². The van der Waals surface area contributed by atoms with E-state index in [9.17, 15) is 4.79 Å². The molecule has 0 unspecified atom stereocenters. The van der Waals surface area contributed by atoms with Crippen molar-refractivity contribution >= 4 is 27.5 Å². The van der Waals surface area contributed by atoms with Crippen LogP contribution in [-0.4, -0.2) is 14.3 Å². The highest BCUT2D eigenvalue weighted by Crippen LogP contribution is 2.22. The Morgan fingerprint density at radius 3 is 2.71 bits per heavy atom. The van der Waals surface area contributed by atoms with Crippen LogP contribution < -0.4 is 5.69 Å². The van der Waals surface area contributed by atoms with Crippen molar-refractivity contribution in [3.8, 4) is 5.69 Å². The van der Waals surface area contributed by atoms with Crippen LogP contribution in [0.3, 0.4) is 0 Å². The van der Waals surface area contributed by atoms with Gasteiger partial charge >= 0.3 is 5.69 Å². The third-order valence-electron chi connectivity index (χ3n) is 2.57. The first-order chi connectivity index (χ1) is 8.06. The summed E-state index contributed by atoms with van der Waals surface area (Å²) in [4.78, 5) is 12.0. The van der Waals surface area contributed by atoms with Crippen LogP contribution in [0.15, 0.2) is 23.0 Å². The molecule has 17 heavy (non-hydrogen) atoms. The number of aryl methyl sites for hydroxylation is 2. The van der Waals surface area contributed by atoms with E-state index in [1.54, 1.807) is 7.05 Å². The van der Waals surface area contributed by atoms with Crippen LogP contribution in [0.4, 0.5) is 0 Å². The van der Waals surface area contributed by atoms with Crippen molar-refractivity contribution < 1.29 is 0 Å². The third-order valence-corrected chi connectivity index (χ3v) is 3.42. The summed E-state index contributed by atoms with van der Waals surface area (Å²) in [5.41, 5.74) is 2.54. The normalized spacial score (nSPS) is 10.8. The highest BCUT2D eigenvalue weighted by atomic mass is 79.9. The van der Waals surface area contributed by atoms with Crippen molar-refractivity contribution in [2.24, 2.45) is 7.05 Å². The van der Waals surface area contributed by atoms with E-state index in [1.807, 2.05) is 25.1 Å². The largest absolute Gasteiger partial charge is 0.351 e. The highest BCUT2D eigenvalue weighted by Gasteiger charge is 2.15. The average Bonchev–Trinajstić information content (AvgIpc) is 2.54. The van der Waals surface area contributed by atoms with Gasteiger partial charge < -0.3 is 0 Å². The zero-order chi connectivity index (χ0) is 12.6. The molecule has 0 bridgehead atoms. The summed E-state index contributed by atoms with van der Waals surface area (Å²) in [7, 11) is 1.58. The van der Waals surface area contributed by atoms with E-state index in [0.717, 1.165) is 16.8 Å². The van der Waals surface area contributed by atoms with Crippen molar-refractivity contribution in [2.45, 2.75) is 12.3 Å². The number of rotatable bonds is 2. The lowest BCUT2D eigenvalue weighted by atomic mass is 10.1. The van der Waals surface area contributed by atoms with Crippen LogP contribution in [0, 0.1) is 6.92 Å².